The molecule has 1 unspecified atom stereocenters. The lowest BCUT2D eigenvalue weighted by molar-refractivity contribution is -0.138. The summed E-state index contributed by atoms with van der Waals surface area (Å²) in [5.41, 5.74) is -2.06. The fourth-order valence-electron chi connectivity index (χ4n) is 4.44. The molecule has 9 nitrogen and oxygen atoms in total. The lowest BCUT2D eigenvalue weighted by Gasteiger charge is -2.22. The summed E-state index contributed by atoms with van der Waals surface area (Å²) in [4.78, 5) is 26.4. The molecule has 1 aromatic heterocycles. The Morgan fingerprint density at radius 3 is 2.50 bits per heavy atom. The molecule has 1 aromatic carbocycles. The third-order valence-electron chi connectivity index (χ3n) is 6.54. The molecule has 38 heavy (non-hydrogen) atoms. The molecule has 1 saturated heterocycles. The zero-order chi connectivity index (χ0) is 27.8. The van der Waals surface area contributed by atoms with Gasteiger partial charge in [0.25, 0.3) is 5.56 Å². The van der Waals surface area contributed by atoms with Crippen LogP contribution in [0.3, 0.4) is 0 Å². The first-order chi connectivity index (χ1) is 17.7. The van der Waals surface area contributed by atoms with Gasteiger partial charge in [-0.2, -0.15) is 18.3 Å². The topological polar surface area (TPSA) is 97.1 Å². The van der Waals surface area contributed by atoms with Crippen molar-refractivity contribution in [1.29, 1.82) is 0 Å². The van der Waals surface area contributed by atoms with Gasteiger partial charge in [-0.25, -0.2) is 13.9 Å². The molecule has 1 fully saturated rings. The molecule has 3 heterocycles. The summed E-state index contributed by atoms with van der Waals surface area (Å²) in [6, 6.07) is 3.41. The van der Waals surface area contributed by atoms with Crippen LogP contribution in [0.5, 0.6) is 5.75 Å². The number of fused-ring (bicyclic) bond motifs is 1. The number of carbonyl (C=O) groups is 1. The number of hydrogen-bond acceptors (Lipinski definition) is 6. The first-order valence-electron chi connectivity index (χ1n) is 12.2. The number of aromatic nitrogens is 2. The highest BCUT2D eigenvalue weighted by Crippen LogP contribution is 2.38. The van der Waals surface area contributed by atoms with Crippen LogP contribution < -0.4 is 15.2 Å². The zero-order valence-corrected chi connectivity index (χ0v) is 22.3. The van der Waals surface area contributed by atoms with Gasteiger partial charge in [0.05, 0.1) is 18.4 Å². The van der Waals surface area contributed by atoms with Crippen molar-refractivity contribution in [3.05, 3.63) is 51.2 Å². The zero-order valence-electron chi connectivity index (χ0n) is 21.3. The van der Waals surface area contributed by atoms with Crippen LogP contribution in [0.15, 0.2) is 23.1 Å². The summed E-state index contributed by atoms with van der Waals surface area (Å²) in [7, 11) is -1.41. The van der Waals surface area contributed by atoms with Crippen LogP contribution in [0.2, 0.25) is 25.7 Å². The van der Waals surface area contributed by atoms with E-state index in [1.807, 2.05) is 0 Å². The van der Waals surface area contributed by atoms with Gasteiger partial charge in [-0.1, -0.05) is 19.6 Å². The number of hydrogen-bond donors (Lipinski definition) is 1. The van der Waals surface area contributed by atoms with Crippen molar-refractivity contribution in [3.8, 4) is 5.75 Å². The number of halogens is 4. The Hall–Kier alpha value is -3.13. The van der Waals surface area contributed by atoms with Crippen LogP contribution in [0.1, 0.15) is 23.1 Å². The van der Waals surface area contributed by atoms with E-state index < -0.39 is 49.1 Å². The van der Waals surface area contributed by atoms with E-state index in [0.717, 1.165) is 12.2 Å². The molecule has 2 aliphatic heterocycles. The molecule has 208 valence electrons. The predicted octanol–water partition coefficient (Wildman–Crippen LogP) is 4.36. The summed E-state index contributed by atoms with van der Waals surface area (Å²) in [6.45, 7) is 6.62. The maximum atomic E-state index is 14.8. The van der Waals surface area contributed by atoms with Gasteiger partial charge in [-0.05, 0) is 29.3 Å². The molecule has 1 N–H and O–H groups in total. The Balaban J connectivity index is 1.52. The van der Waals surface area contributed by atoms with Crippen LogP contribution >= 0.6 is 0 Å². The van der Waals surface area contributed by atoms with Crippen LogP contribution in [0, 0.1) is 5.82 Å². The summed E-state index contributed by atoms with van der Waals surface area (Å²) < 4.78 is 68.6. The number of benzene rings is 1. The Morgan fingerprint density at radius 2 is 1.89 bits per heavy atom. The number of alkyl halides is 3. The molecule has 14 heteroatoms. The van der Waals surface area contributed by atoms with Crippen molar-refractivity contribution >= 4 is 19.9 Å². The van der Waals surface area contributed by atoms with E-state index in [9.17, 15) is 27.2 Å². The van der Waals surface area contributed by atoms with E-state index in [0.29, 0.717) is 28.8 Å². The quantitative estimate of drug-likeness (QED) is 0.292. The number of anilines is 1. The largest absolute Gasteiger partial charge is 0.485 e. The summed E-state index contributed by atoms with van der Waals surface area (Å²) >= 11 is 0. The minimum absolute atomic E-state index is 0.0151. The monoisotopic (exact) mass is 558 g/mol. The molecule has 0 aliphatic carbocycles. The standard InChI is InChI=1S/C24H30F4N4O5Si/c1-38(2,3)7-6-36-14-32-22(33)21(24(26,27)28)19(10-29-32)31-11-15-8-18(25)20(9-16(15)12-31)37-17-4-5-30(13-17)23(34)35/h8-10,17H,4-7,11-14H2,1-3H3,(H,34,35). The number of rotatable bonds is 8. The van der Waals surface area contributed by atoms with Crippen molar-refractivity contribution in [2.45, 2.75) is 64.2 Å². The van der Waals surface area contributed by atoms with Gasteiger partial charge in [0.1, 0.15) is 18.4 Å². The summed E-state index contributed by atoms with van der Waals surface area (Å²) in [5, 5.41) is 13.0. The molecule has 0 saturated carbocycles. The van der Waals surface area contributed by atoms with Gasteiger partial charge in [-0.15, -0.1) is 0 Å². The highest BCUT2D eigenvalue weighted by molar-refractivity contribution is 6.76. The predicted molar refractivity (Wildman–Crippen MR) is 133 cm³/mol. The summed E-state index contributed by atoms with van der Waals surface area (Å²) in [5.74, 6) is -0.790. The number of carboxylic acid groups (broad SMARTS) is 1. The molecule has 0 radical (unpaired) electrons. The van der Waals surface area contributed by atoms with Crippen LogP contribution in [-0.4, -0.2) is 59.8 Å². The van der Waals surface area contributed by atoms with Gasteiger partial charge in [0, 0.05) is 40.7 Å². The molecule has 0 spiro atoms. The van der Waals surface area contributed by atoms with Crippen molar-refractivity contribution in [2.24, 2.45) is 0 Å². The van der Waals surface area contributed by atoms with E-state index in [4.69, 9.17) is 14.6 Å². The highest BCUT2D eigenvalue weighted by atomic mass is 28.3. The number of amides is 1. The lowest BCUT2D eigenvalue weighted by Crippen LogP contribution is -2.34. The van der Waals surface area contributed by atoms with E-state index in [1.165, 1.54) is 21.9 Å². The second-order valence-corrected chi connectivity index (χ2v) is 16.3. The van der Waals surface area contributed by atoms with Gasteiger partial charge in [0.15, 0.2) is 11.6 Å². The molecular formula is C24H30F4N4O5Si. The van der Waals surface area contributed by atoms with Crippen molar-refractivity contribution in [3.63, 3.8) is 0 Å². The Bertz CT molecular complexity index is 1260. The van der Waals surface area contributed by atoms with Gasteiger partial charge < -0.3 is 24.4 Å². The second-order valence-electron chi connectivity index (χ2n) is 10.7. The van der Waals surface area contributed by atoms with E-state index >= 15 is 0 Å². The molecule has 1 amide bonds. The van der Waals surface area contributed by atoms with E-state index in [1.54, 1.807) is 0 Å². The van der Waals surface area contributed by atoms with Gasteiger partial charge >= 0.3 is 12.3 Å². The molecule has 4 rings (SSSR count). The summed E-state index contributed by atoms with van der Waals surface area (Å²) in [6.07, 6.45) is -5.17. The lowest BCUT2D eigenvalue weighted by atomic mass is 10.1. The molecule has 1 atom stereocenters. The normalized spacial score (nSPS) is 17.7. The average Bonchev–Trinajstić information content (AvgIpc) is 3.43. The van der Waals surface area contributed by atoms with Crippen LogP contribution in [0.4, 0.5) is 28.0 Å². The smallest absolute Gasteiger partial charge is 0.423 e. The van der Waals surface area contributed by atoms with E-state index in [-0.39, 0.29) is 38.7 Å². The minimum atomic E-state index is -4.94. The Morgan fingerprint density at radius 1 is 1.21 bits per heavy atom. The average molecular weight is 559 g/mol. The molecule has 0 bridgehead atoms. The number of ether oxygens (including phenoxy) is 2. The SMILES string of the molecule is C[Si](C)(C)CCOCn1ncc(N2Cc3cc(F)c(OC4CCN(C(=O)O)C4)cc3C2)c(C(F)(F)F)c1=O. The fourth-order valence-corrected chi connectivity index (χ4v) is 5.20. The Kier molecular flexibility index (Phi) is 7.75. The van der Waals surface area contributed by atoms with Crippen LogP contribution in [0.25, 0.3) is 0 Å². The molecular weight excluding hydrogens is 528 g/mol. The number of nitrogens with zero attached hydrogens (tertiary/aromatic N) is 4. The molecule has 2 aliphatic rings. The molecule has 2 aromatic rings. The van der Waals surface area contributed by atoms with Crippen LogP contribution in [-0.2, 0) is 30.7 Å². The van der Waals surface area contributed by atoms with Gasteiger partial charge in [-0.3, -0.25) is 4.79 Å². The Labute approximate surface area is 217 Å². The first-order valence-corrected chi connectivity index (χ1v) is 15.9. The van der Waals surface area contributed by atoms with Crippen molar-refractivity contribution in [2.75, 3.05) is 24.6 Å². The maximum Gasteiger partial charge on any atom is 0.423 e. The van der Waals surface area contributed by atoms with Crippen molar-refractivity contribution in [1.82, 2.24) is 14.7 Å². The maximum absolute atomic E-state index is 14.8. The third kappa shape index (κ3) is 6.29. The highest BCUT2D eigenvalue weighted by Gasteiger charge is 2.40. The number of likely N-dealkylation sites (tertiary alicyclic amines) is 1. The second kappa shape index (κ2) is 10.6. The third-order valence-corrected chi connectivity index (χ3v) is 8.25. The minimum Gasteiger partial charge on any atom is -0.485 e. The van der Waals surface area contributed by atoms with E-state index in [2.05, 4.69) is 24.7 Å². The fraction of sp³-hybridized carbons (Fsp3) is 0.542. The first kappa shape index (κ1) is 27.9. The van der Waals surface area contributed by atoms with Gasteiger partial charge in [0.2, 0.25) is 0 Å². The van der Waals surface area contributed by atoms with Crippen molar-refractivity contribution < 1.29 is 36.9 Å².